The molecule has 0 fully saturated rings. The van der Waals surface area contributed by atoms with E-state index in [-0.39, 0.29) is 6.10 Å². The minimum Gasteiger partial charge on any atom is -0.389 e. The molecule has 46 valence electrons. The largest absolute Gasteiger partial charge is 0.389 e. The van der Waals surface area contributed by atoms with Crippen LogP contribution in [0.25, 0.3) is 0 Å². The van der Waals surface area contributed by atoms with Crippen molar-refractivity contribution in [2.45, 2.75) is 26.4 Å². The third-order valence-electron chi connectivity index (χ3n) is 1.67. The van der Waals surface area contributed by atoms with E-state index in [1.165, 1.54) is 0 Å². The third-order valence-corrected chi connectivity index (χ3v) is 1.67. The lowest BCUT2D eigenvalue weighted by Gasteiger charge is -2.00. The topological polar surface area (TPSA) is 20.2 Å². The molecule has 0 aromatic heterocycles. The lowest BCUT2D eigenvalue weighted by atomic mass is 10.1. The van der Waals surface area contributed by atoms with E-state index in [0.29, 0.717) is 5.92 Å². The molecule has 0 radical (unpaired) electrons. The van der Waals surface area contributed by atoms with Crippen molar-refractivity contribution in [3.8, 4) is 0 Å². The van der Waals surface area contributed by atoms with Crippen LogP contribution in [0.2, 0.25) is 0 Å². The van der Waals surface area contributed by atoms with Gasteiger partial charge in [-0.1, -0.05) is 13.0 Å². The Morgan fingerprint density at radius 3 is 2.50 bits per heavy atom. The van der Waals surface area contributed by atoms with Crippen LogP contribution in [-0.4, -0.2) is 11.2 Å². The van der Waals surface area contributed by atoms with Crippen LogP contribution in [0.4, 0.5) is 0 Å². The lowest BCUT2D eigenvalue weighted by molar-refractivity contribution is 0.202. The Bertz CT molecular complexity index is 116. The molecule has 0 aliphatic heterocycles. The Morgan fingerprint density at radius 2 is 2.38 bits per heavy atom. The van der Waals surface area contributed by atoms with E-state index in [2.05, 4.69) is 13.0 Å². The fraction of sp³-hybridized carbons (Fsp3) is 0.714. The van der Waals surface area contributed by atoms with Gasteiger partial charge in [0.05, 0.1) is 6.10 Å². The minimum absolute atomic E-state index is 0.148. The van der Waals surface area contributed by atoms with Crippen molar-refractivity contribution in [2.24, 2.45) is 5.92 Å². The van der Waals surface area contributed by atoms with E-state index >= 15 is 0 Å². The zero-order valence-corrected chi connectivity index (χ0v) is 5.39. The molecule has 0 aromatic rings. The van der Waals surface area contributed by atoms with Gasteiger partial charge in [0.1, 0.15) is 0 Å². The van der Waals surface area contributed by atoms with Gasteiger partial charge < -0.3 is 5.11 Å². The summed E-state index contributed by atoms with van der Waals surface area (Å²) in [4.78, 5) is 0. The second kappa shape index (κ2) is 1.90. The van der Waals surface area contributed by atoms with Crippen LogP contribution in [0.5, 0.6) is 0 Å². The number of aliphatic hydroxyl groups is 1. The lowest BCUT2D eigenvalue weighted by Crippen LogP contribution is -2.02. The molecule has 1 N–H and O–H groups in total. The third kappa shape index (κ3) is 0.920. The van der Waals surface area contributed by atoms with Crippen LogP contribution in [0, 0.1) is 5.92 Å². The summed E-state index contributed by atoms with van der Waals surface area (Å²) in [5.41, 5.74) is 1.14. The Morgan fingerprint density at radius 1 is 1.75 bits per heavy atom. The van der Waals surface area contributed by atoms with E-state index in [1.807, 2.05) is 6.92 Å². The summed E-state index contributed by atoms with van der Waals surface area (Å²) in [6.45, 7) is 4.11. The average Bonchev–Trinajstić information content (AvgIpc) is 1.85. The Labute approximate surface area is 50.0 Å². The molecular weight excluding hydrogens is 100 g/mol. The van der Waals surface area contributed by atoms with Gasteiger partial charge in [-0.15, -0.1) is 0 Å². The fourth-order valence-corrected chi connectivity index (χ4v) is 1.17. The summed E-state index contributed by atoms with van der Waals surface area (Å²) in [6, 6.07) is 0. The predicted molar refractivity (Wildman–Crippen MR) is 33.5 cm³/mol. The summed E-state index contributed by atoms with van der Waals surface area (Å²) in [5, 5.41) is 9.10. The molecule has 2 atom stereocenters. The van der Waals surface area contributed by atoms with E-state index in [4.69, 9.17) is 5.11 Å². The molecule has 0 aromatic carbocycles. The van der Waals surface area contributed by atoms with Crippen molar-refractivity contribution in [1.82, 2.24) is 0 Å². The van der Waals surface area contributed by atoms with Gasteiger partial charge in [0, 0.05) is 0 Å². The van der Waals surface area contributed by atoms with Gasteiger partial charge in [0.25, 0.3) is 0 Å². The number of allylic oxidation sites excluding steroid dienone is 1. The fourth-order valence-electron chi connectivity index (χ4n) is 1.17. The molecule has 1 aliphatic rings. The molecule has 0 spiro atoms. The highest BCUT2D eigenvalue weighted by Crippen LogP contribution is 2.22. The number of aliphatic hydroxyl groups excluding tert-OH is 1. The zero-order valence-electron chi connectivity index (χ0n) is 5.39. The summed E-state index contributed by atoms with van der Waals surface area (Å²) in [5.74, 6) is 0.588. The summed E-state index contributed by atoms with van der Waals surface area (Å²) in [6.07, 6.45) is 2.90. The van der Waals surface area contributed by atoms with E-state index in [1.54, 1.807) is 0 Å². The van der Waals surface area contributed by atoms with Crippen molar-refractivity contribution in [3.05, 3.63) is 11.6 Å². The van der Waals surface area contributed by atoms with Crippen molar-refractivity contribution in [2.75, 3.05) is 0 Å². The first-order valence-electron chi connectivity index (χ1n) is 3.06. The Hall–Kier alpha value is -0.300. The Kier molecular flexibility index (Phi) is 1.39. The van der Waals surface area contributed by atoms with Crippen LogP contribution < -0.4 is 0 Å². The highest BCUT2D eigenvalue weighted by atomic mass is 16.3. The van der Waals surface area contributed by atoms with Crippen LogP contribution in [0.1, 0.15) is 20.3 Å². The summed E-state index contributed by atoms with van der Waals surface area (Å²) in [7, 11) is 0. The van der Waals surface area contributed by atoms with Crippen LogP contribution in [0.15, 0.2) is 11.6 Å². The van der Waals surface area contributed by atoms with Crippen LogP contribution in [0.3, 0.4) is 0 Å². The minimum atomic E-state index is -0.148. The monoisotopic (exact) mass is 112 g/mol. The van der Waals surface area contributed by atoms with Gasteiger partial charge in [0.2, 0.25) is 0 Å². The molecule has 1 nitrogen and oxygen atoms in total. The molecule has 0 heterocycles. The average molecular weight is 112 g/mol. The zero-order chi connectivity index (χ0) is 6.15. The van der Waals surface area contributed by atoms with Gasteiger partial charge in [0.15, 0.2) is 0 Å². The molecule has 8 heavy (non-hydrogen) atoms. The highest BCUT2D eigenvalue weighted by Gasteiger charge is 2.16. The highest BCUT2D eigenvalue weighted by molar-refractivity contribution is 5.12. The van der Waals surface area contributed by atoms with Gasteiger partial charge in [-0.2, -0.15) is 0 Å². The predicted octanol–water partition coefficient (Wildman–Crippen LogP) is 1.33. The van der Waals surface area contributed by atoms with Crippen molar-refractivity contribution < 1.29 is 5.11 Å². The van der Waals surface area contributed by atoms with Crippen LogP contribution in [-0.2, 0) is 0 Å². The first-order valence-corrected chi connectivity index (χ1v) is 3.06. The maximum Gasteiger partial charge on any atom is 0.0753 e. The quantitative estimate of drug-likeness (QED) is 0.469. The van der Waals surface area contributed by atoms with E-state index in [9.17, 15) is 0 Å². The molecule has 0 saturated carbocycles. The number of rotatable bonds is 0. The van der Waals surface area contributed by atoms with Crippen molar-refractivity contribution >= 4 is 0 Å². The maximum atomic E-state index is 9.10. The van der Waals surface area contributed by atoms with E-state index < -0.39 is 0 Å². The first kappa shape index (κ1) is 5.83. The standard InChI is InChI=1S/C7H12O/c1-5-3-6(2)7(8)4-5/h3,5,7-8H,4H2,1-2H3. The molecule has 0 amide bonds. The molecule has 1 rings (SSSR count). The summed E-state index contributed by atoms with van der Waals surface area (Å²) >= 11 is 0. The number of hydrogen-bond donors (Lipinski definition) is 1. The second-order valence-corrected chi connectivity index (χ2v) is 2.64. The molecule has 1 aliphatic carbocycles. The second-order valence-electron chi connectivity index (χ2n) is 2.64. The normalized spacial score (nSPS) is 37.6. The van der Waals surface area contributed by atoms with Gasteiger partial charge >= 0.3 is 0 Å². The van der Waals surface area contributed by atoms with Crippen LogP contribution >= 0.6 is 0 Å². The van der Waals surface area contributed by atoms with Gasteiger partial charge in [-0.05, 0) is 24.8 Å². The Balaban J connectivity index is 2.59. The summed E-state index contributed by atoms with van der Waals surface area (Å²) < 4.78 is 0. The van der Waals surface area contributed by atoms with Gasteiger partial charge in [-0.3, -0.25) is 0 Å². The van der Waals surface area contributed by atoms with Crippen molar-refractivity contribution in [1.29, 1.82) is 0 Å². The van der Waals surface area contributed by atoms with E-state index in [0.717, 1.165) is 12.0 Å². The van der Waals surface area contributed by atoms with Gasteiger partial charge in [-0.25, -0.2) is 0 Å². The molecular formula is C7H12O. The van der Waals surface area contributed by atoms with Crippen molar-refractivity contribution in [3.63, 3.8) is 0 Å². The maximum absolute atomic E-state index is 9.10. The first-order chi connectivity index (χ1) is 3.70. The smallest absolute Gasteiger partial charge is 0.0753 e. The number of hydrogen-bond acceptors (Lipinski definition) is 1. The molecule has 0 bridgehead atoms. The molecule has 1 heteroatoms. The molecule has 0 saturated heterocycles. The molecule has 2 unspecified atom stereocenters. The SMILES string of the molecule is CC1=CC(C)CC1O.